The van der Waals surface area contributed by atoms with Gasteiger partial charge in [0.1, 0.15) is 17.5 Å². The standard InChI is InChI=1S/C22H29N3O3S/c1-3-14(2)18(21(28)24-11-7-4-8-12-24)23-19(26)17-13-29-22-16-10-6-5-9-15(16)20(27)25(17)22/h5-6,9-10,14,17-18,22H,3-4,7-8,11-13H2,1-2H3,(H,23,26)/t14-,17+,18+,22-/m1/s1. The van der Waals surface area contributed by atoms with Gasteiger partial charge in [0.25, 0.3) is 5.91 Å². The quantitative estimate of drug-likeness (QED) is 0.803. The third-order valence-electron chi connectivity index (χ3n) is 6.44. The van der Waals surface area contributed by atoms with Crippen molar-refractivity contribution in [2.45, 2.75) is 57.0 Å². The van der Waals surface area contributed by atoms with Gasteiger partial charge in [-0.05, 0) is 36.8 Å². The zero-order valence-electron chi connectivity index (χ0n) is 17.1. The second-order valence-electron chi connectivity index (χ2n) is 8.26. The van der Waals surface area contributed by atoms with E-state index in [4.69, 9.17) is 0 Å². The van der Waals surface area contributed by atoms with Gasteiger partial charge in [-0.2, -0.15) is 0 Å². The number of rotatable bonds is 5. The number of hydrogen-bond acceptors (Lipinski definition) is 4. The molecule has 0 bridgehead atoms. The molecular formula is C22H29N3O3S. The lowest BCUT2D eigenvalue weighted by atomic mass is 9.96. The fourth-order valence-corrected chi connectivity index (χ4v) is 5.95. The van der Waals surface area contributed by atoms with Crippen molar-refractivity contribution < 1.29 is 14.4 Å². The van der Waals surface area contributed by atoms with E-state index in [1.807, 2.05) is 43.0 Å². The van der Waals surface area contributed by atoms with Crippen molar-refractivity contribution in [1.82, 2.24) is 15.1 Å². The highest BCUT2D eigenvalue weighted by Gasteiger charge is 2.49. The average Bonchev–Trinajstić information content (AvgIpc) is 3.32. The van der Waals surface area contributed by atoms with E-state index in [1.165, 1.54) is 0 Å². The Kier molecular flexibility index (Phi) is 5.86. The maximum absolute atomic E-state index is 13.2. The number of fused-ring (bicyclic) bond motifs is 3. The Morgan fingerprint density at radius 2 is 1.93 bits per heavy atom. The number of piperidine rings is 1. The predicted molar refractivity (Wildman–Crippen MR) is 113 cm³/mol. The first-order chi connectivity index (χ1) is 14.0. The summed E-state index contributed by atoms with van der Waals surface area (Å²) in [6.45, 7) is 5.58. The first kappa shape index (κ1) is 20.3. The van der Waals surface area contributed by atoms with Crippen LogP contribution in [0.2, 0.25) is 0 Å². The summed E-state index contributed by atoms with van der Waals surface area (Å²) in [4.78, 5) is 42.9. The third kappa shape index (κ3) is 3.65. The molecule has 3 amide bonds. The number of thioether (sulfide) groups is 1. The number of likely N-dealkylation sites (tertiary alicyclic amines) is 1. The summed E-state index contributed by atoms with van der Waals surface area (Å²) in [7, 11) is 0. The Morgan fingerprint density at radius 1 is 1.21 bits per heavy atom. The monoisotopic (exact) mass is 415 g/mol. The van der Waals surface area contributed by atoms with Crippen LogP contribution in [0.5, 0.6) is 0 Å². The van der Waals surface area contributed by atoms with Crippen LogP contribution in [0.15, 0.2) is 24.3 Å². The summed E-state index contributed by atoms with van der Waals surface area (Å²) >= 11 is 1.62. The number of carbonyl (C=O) groups is 3. The molecule has 3 heterocycles. The molecule has 2 saturated heterocycles. The summed E-state index contributed by atoms with van der Waals surface area (Å²) in [5, 5.41) is 2.93. The van der Waals surface area contributed by atoms with E-state index < -0.39 is 12.1 Å². The Balaban J connectivity index is 1.50. The molecule has 156 valence electrons. The van der Waals surface area contributed by atoms with Crippen LogP contribution in [-0.4, -0.2) is 58.4 Å². The summed E-state index contributed by atoms with van der Waals surface area (Å²) in [6, 6.07) is 6.51. The van der Waals surface area contributed by atoms with Crippen molar-refractivity contribution in [2.24, 2.45) is 5.92 Å². The first-order valence-corrected chi connectivity index (χ1v) is 11.7. The average molecular weight is 416 g/mol. The molecule has 1 aromatic rings. The smallest absolute Gasteiger partial charge is 0.256 e. The van der Waals surface area contributed by atoms with Crippen LogP contribution in [0, 0.1) is 5.92 Å². The summed E-state index contributed by atoms with van der Waals surface area (Å²) in [5.41, 5.74) is 1.67. The van der Waals surface area contributed by atoms with Crippen molar-refractivity contribution in [3.63, 3.8) is 0 Å². The van der Waals surface area contributed by atoms with E-state index >= 15 is 0 Å². The van der Waals surface area contributed by atoms with E-state index in [9.17, 15) is 14.4 Å². The van der Waals surface area contributed by atoms with Gasteiger partial charge in [0, 0.05) is 24.4 Å². The normalized spacial score (nSPS) is 25.4. The van der Waals surface area contributed by atoms with E-state index in [-0.39, 0.29) is 29.0 Å². The Labute approximate surface area is 176 Å². The van der Waals surface area contributed by atoms with E-state index in [1.54, 1.807) is 16.7 Å². The summed E-state index contributed by atoms with van der Waals surface area (Å²) < 4.78 is 0. The second-order valence-corrected chi connectivity index (χ2v) is 9.37. The van der Waals surface area contributed by atoms with Gasteiger partial charge in [-0.1, -0.05) is 38.5 Å². The van der Waals surface area contributed by atoms with Crippen LogP contribution < -0.4 is 5.32 Å². The Morgan fingerprint density at radius 3 is 2.66 bits per heavy atom. The molecule has 4 atom stereocenters. The largest absolute Gasteiger partial charge is 0.342 e. The number of amides is 3. The lowest BCUT2D eigenvalue weighted by Crippen LogP contribution is -2.56. The van der Waals surface area contributed by atoms with E-state index in [0.29, 0.717) is 11.3 Å². The van der Waals surface area contributed by atoms with E-state index in [2.05, 4.69) is 5.32 Å². The molecule has 0 unspecified atom stereocenters. The maximum Gasteiger partial charge on any atom is 0.256 e. The van der Waals surface area contributed by atoms with Gasteiger partial charge in [-0.25, -0.2) is 0 Å². The van der Waals surface area contributed by atoms with Crippen molar-refractivity contribution in [3.8, 4) is 0 Å². The minimum Gasteiger partial charge on any atom is -0.342 e. The first-order valence-electron chi connectivity index (χ1n) is 10.6. The molecule has 0 spiro atoms. The van der Waals surface area contributed by atoms with Crippen LogP contribution in [0.4, 0.5) is 0 Å². The molecule has 6 nitrogen and oxygen atoms in total. The molecule has 1 aromatic carbocycles. The highest BCUT2D eigenvalue weighted by atomic mass is 32.2. The molecule has 3 aliphatic heterocycles. The van der Waals surface area contributed by atoms with Gasteiger partial charge < -0.3 is 15.1 Å². The van der Waals surface area contributed by atoms with Gasteiger partial charge in [0.2, 0.25) is 11.8 Å². The van der Waals surface area contributed by atoms with Gasteiger partial charge >= 0.3 is 0 Å². The van der Waals surface area contributed by atoms with Crippen molar-refractivity contribution in [2.75, 3.05) is 18.8 Å². The molecule has 0 saturated carbocycles. The van der Waals surface area contributed by atoms with Gasteiger partial charge in [0.05, 0.1) is 0 Å². The third-order valence-corrected chi connectivity index (χ3v) is 7.74. The van der Waals surface area contributed by atoms with Crippen LogP contribution in [0.25, 0.3) is 0 Å². The molecule has 3 aliphatic rings. The van der Waals surface area contributed by atoms with Crippen molar-refractivity contribution >= 4 is 29.5 Å². The molecule has 0 aromatic heterocycles. The zero-order valence-corrected chi connectivity index (χ0v) is 17.9. The van der Waals surface area contributed by atoms with Crippen LogP contribution in [-0.2, 0) is 9.59 Å². The van der Waals surface area contributed by atoms with Crippen LogP contribution in [0.3, 0.4) is 0 Å². The van der Waals surface area contributed by atoms with Gasteiger partial charge in [-0.3, -0.25) is 14.4 Å². The van der Waals surface area contributed by atoms with Crippen molar-refractivity contribution in [3.05, 3.63) is 35.4 Å². The number of hydrogen-bond donors (Lipinski definition) is 1. The SMILES string of the molecule is CC[C@@H](C)[C@H](NC(=O)[C@@H]1CS[C@@H]2c3ccccc3C(=O)N21)C(=O)N1CCCCC1. The van der Waals surface area contributed by atoms with Crippen LogP contribution >= 0.6 is 11.8 Å². The second kappa shape index (κ2) is 8.38. The Bertz CT molecular complexity index is 808. The fraction of sp³-hybridized carbons (Fsp3) is 0.591. The maximum atomic E-state index is 13.2. The molecule has 1 N–H and O–H groups in total. The van der Waals surface area contributed by atoms with Gasteiger partial charge in [-0.15, -0.1) is 11.8 Å². The highest BCUT2D eigenvalue weighted by Crippen LogP contribution is 2.48. The zero-order chi connectivity index (χ0) is 20.5. The lowest BCUT2D eigenvalue weighted by molar-refractivity contribution is -0.139. The number of nitrogens with zero attached hydrogens (tertiary/aromatic N) is 2. The topological polar surface area (TPSA) is 69.7 Å². The number of nitrogens with one attached hydrogen (secondary N) is 1. The summed E-state index contributed by atoms with van der Waals surface area (Å²) in [5.74, 6) is 0.326. The lowest BCUT2D eigenvalue weighted by Gasteiger charge is -2.34. The number of benzene rings is 1. The molecule has 0 aliphatic carbocycles. The Hall–Kier alpha value is -2.02. The highest BCUT2D eigenvalue weighted by molar-refractivity contribution is 7.99. The molecule has 2 fully saturated rings. The predicted octanol–water partition coefficient (Wildman–Crippen LogP) is 2.80. The molecule has 0 radical (unpaired) electrons. The summed E-state index contributed by atoms with van der Waals surface area (Å²) in [6.07, 6.45) is 4.01. The minimum atomic E-state index is -0.536. The fourth-order valence-electron chi connectivity index (χ4n) is 4.49. The molecule has 7 heteroatoms. The van der Waals surface area contributed by atoms with Gasteiger partial charge in [0.15, 0.2) is 0 Å². The minimum absolute atomic E-state index is 0.0191. The van der Waals surface area contributed by atoms with Crippen LogP contribution in [0.1, 0.15) is 60.8 Å². The molecule has 29 heavy (non-hydrogen) atoms. The molecular weight excluding hydrogens is 386 g/mol. The van der Waals surface area contributed by atoms with Crippen molar-refractivity contribution in [1.29, 1.82) is 0 Å². The van der Waals surface area contributed by atoms with E-state index in [0.717, 1.165) is 44.3 Å². The molecule has 4 rings (SSSR count). The number of carbonyl (C=O) groups excluding carboxylic acids is 3.